The first-order valence-electron chi connectivity index (χ1n) is 4.56. The number of hydrogen-bond acceptors (Lipinski definition) is 2. The van der Waals surface area contributed by atoms with Crippen molar-refractivity contribution in [3.8, 4) is 11.1 Å². The van der Waals surface area contributed by atoms with Gasteiger partial charge in [0.05, 0.1) is 5.02 Å². The Bertz CT molecular complexity index is 578. The Morgan fingerprint density at radius 3 is 2.80 bits per heavy atom. The molecule has 0 spiro atoms. The average molecular weight is 216 g/mol. The molecule has 3 rings (SSSR count). The minimum absolute atomic E-state index is 0.0290. The van der Waals surface area contributed by atoms with Gasteiger partial charge < -0.3 is 0 Å². The van der Waals surface area contributed by atoms with Crippen LogP contribution in [0.1, 0.15) is 15.9 Å². The highest BCUT2D eigenvalue weighted by atomic mass is 35.5. The quantitative estimate of drug-likeness (QED) is 0.577. The highest BCUT2D eigenvalue weighted by molar-refractivity contribution is 6.37. The maximum atomic E-state index is 12.0. The van der Waals surface area contributed by atoms with E-state index in [1.165, 1.54) is 0 Å². The molecule has 0 aliphatic heterocycles. The van der Waals surface area contributed by atoms with Crippen LogP contribution in [0.5, 0.6) is 0 Å². The van der Waals surface area contributed by atoms with Crippen LogP contribution in [0.4, 0.5) is 0 Å². The summed E-state index contributed by atoms with van der Waals surface area (Å²) >= 11 is 6.01. The highest BCUT2D eigenvalue weighted by Crippen LogP contribution is 2.39. The van der Waals surface area contributed by atoms with E-state index in [1.807, 2.05) is 18.2 Å². The van der Waals surface area contributed by atoms with Crippen molar-refractivity contribution in [3.05, 3.63) is 52.8 Å². The predicted molar refractivity (Wildman–Crippen MR) is 58.1 cm³/mol. The molecule has 0 fully saturated rings. The van der Waals surface area contributed by atoms with Gasteiger partial charge in [-0.2, -0.15) is 0 Å². The zero-order chi connectivity index (χ0) is 10.4. The molecule has 0 bridgehead atoms. The van der Waals surface area contributed by atoms with E-state index in [2.05, 4.69) is 4.98 Å². The van der Waals surface area contributed by atoms with Crippen LogP contribution in [0.3, 0.4) is 0 Å². The van der Waals surface area contributed by atoms with Crippen LogP contribution in [-0.2, 0) is 0 Å². The highest BCUT2D eigenvalue weighted by Gasteiger charge is 2.28. The van der Waals surface area contributed by atoms with Gasteiger partial charge in [-0.05, 0) is 23.3 Å². The lowest BCUT2D eigenvalue weighted by Gasteiger charge is -1.99. The van der Waals surface area contributed by atoms with Crippen LogP contribution in [0.25, 0.3) is 11.1 Å². The summed E-state index contributed by atoms with van der Waals surface area (Å²) in [6.45, 7) is 0. The van der Waals surface area contributed by atoms with Crippen LogP contribution < -0.4 is 0 Å². The first kappa shape index (κ1) is 8.62. The molecule has 1 aliphatic carbocycles. The second-order valence-electron chi connectivity index (χ2n) is 3.41. The summed E-state index contributed by atoms with van der Waals surface area (Å²) in [5.74, 6) is -0.0290. The van der Waals surface area contributed by atoms with Gasteiger partial charge in [0.1, 0.15) is 0 Å². The first-order chi connectivity index (χ1) is 7.29. The van der Waals surface area contributed by atoms with Crippen LogP contribution in [0.15, 0.2) is 36.7 Å². The van der Waals surface area contributed by atoms with E-state index in [0.717, 1.165) is 11.1 Å². The molecule has 1 aromatic carbocycles. The number of nitrogens with zero attached hydrogens (tertiary/aromatic N) is 1. The molecule has 0 saturated carbocycles. The van der Waals surface area contributed by atoms with Crippen molar-refractivity contribution in [2.75, 3.05) is 0 Å². The molecule has 72 valence electrons. The number of rotatable bonds is 0. The van der Waals surface area contributed by atoms with Crippen LogP contribution >= 0.6 is 11.6 Å². The van der Waals surface area contributed by atoms with Crippen molar-refractivity contribution >= 4 is 17.4 Å². The first-order valence-corrected chi connectivity index (χ1v) is 4.94. The fourth-order valence-corrected chi connectivity index (χ4v) is 2.18. The van der Waals surface area contributed by atoms with Crippen molar-refractivity contribution in [3.63, 3.8) is 0 Å². The van der Waals surface area contributed by atoms with Crippen LogP contribution in [-0.4, -0.2) is 10.8 Å². The monoisotopic (exact) mass is 215 g/mol. The molecule has 0 N–H and O–H groups in total. The summed E-state index contributed by atoms with van der Waals surface area (Å²) < 4.78 is 0. The third-order valence-corrected chi connectivity index (χ3v) is 2.91. The average Bonchev–Trinajstić information content (AvgIpc) is 2.55. The molecule has 2 nitrogen and oxygen atoms in total. The summed E-state index contributed by atoms with van der Waals surface area (Å²) in [4.78, 5) is 15.9. The number of ketones is 1. The molecule has 2 aromatic rings. The third kappa shape index (κ3) is 1.05. The van der Waals surface area contributed by atoms with Gasteiger partial charge in [-0.1, -0.05) is 23.7 Å². The number of benzene rings is 1. The Kier molecular flexibility index (Phi) is 1.67. The lowest BCUT2D eigenvalue weighted by atomic mass is 10.1. The minimum Gasteiger partial charge on any atom is -0.288 e. The largest absolute Gasteiger partial charge is 0.288 e. The number of pyridine rings is 1. The lowest BCUT2D eigenvalue weighted by Crippen LogP contribution is -1.96. The molecular formula is C12H6ClNO. The molecule has 0 radical (unpaired) electrons. The zero-order valence-corrected chi connectivity index (χ0v) is 8.45. The van der Waals surface area contributed by atoms with Gasteiger partial charge >= 0.3 is 0 Å². The fraction of sp³-hybridized carbons (Fsp3) is 0. The number of carbonyl (C=O) groups excluding carboxylic acids is 1. The maximum Gasteiger partial charge on any atom is 0.197 e. The molecule has 0 unspecified atom stereocenters. The summed E-state index contributed by atoms with van der Waals surface area (Å²) in [5, 5.41) is 0.508. The standard InChI is InChI=1S/C12H6ClNO/c13-10-3-1-2-8-7-4-5-14-6-9(7)12(15)11(8)10/h1-6H. The van der Waals surface area contributed by atoms with E-state index in [1.54, 1.807) is 18.5 Å². The normalized spacial score (nSPS) is 12.5. The van der Waals surface area contributed by atoms with Gasteiger partial charge in [-0.15, -0.1) is 0 Å². The van der Waals surface area contributed by atoms with Gasteiger partial charge in [0, 0.05) is 23.5 Å². The van der Waals surface area contributed by atoms with E-state index in [0.29, 0.717) is 16.1 Å². The van der Waals surface area contributed by atoms with Gasteiger partial charge in [0.25, 0.3) is 0 Å². The van der Waals surface area contributed by atoms with E-state index >= 15 is 0 Å². The number of fused-ring (bicyclic) bond motifs is 3. The van der Waals surface area contributed by atoms with E-state index in [-0.39, 0.29) is 5.78 Å². The van der Waals surface area contributed by atoms with Crippen molar-refractivity contribution in [2.24, 2.45) is 0 Å². The molecule has 0 saturated heterocycles. The van der Waals surface area contributed by atoms with Crippen molar-refractivity contribution in [1.29, 1.82) is 0 Å². The molecule has 1 aromatic heterocycles. The van der Waals surface area contributed by atoms with E-state index in [9.17, 15) is 4.79 Å². The second-order valence-corrected chi connectivity index (χ2v) is 3.82. The van der Waals surface area contributed by atoms with Crippen molar-refractivity contribution < 1.29 is 4.79 Å². The Labute approximate surface area is 91.5 Å². The molecule has 0 amide bonds. The molecule has 3 heteroatoms. The molecular weight excluding hydrogens is 210 g/mol. The summed E-state index contributed by atoms with van der Waals surface area (Å²) in [5.41, 5.74) is 3.07. The van der Waals surface area contributed by atoms with Crippen molar-refractivity contribution in [2.45, 2.75) is 0 Å². The fourth-order valence-electron chi connectivity index (χ4n) is 1.92. The zero-order valence-electron chi connectivity index (χ0n) is 7.70. The van der Waals surface area contributed by atoms with Crippen LogP contribution in [0, 0.1) is 0 Å². The molecule has 1 heterocycles. The van der Waals surface area contributed by atoms with E-state index in [4.69, 9.17) is 11.6 Å². The summed E-state index contributed by atoms with van der Waals surface area (Å²) in [6, 6.07) is 7.34. The Morgan fingerprint density at radius 2 is 1.93 bits per heavy atom. The number of hydrogen-bond donors (Lipinski definition) is 0. The van der Waals surface area contributed by atoms with Crippen molar-refractivity contribution in [1.82, 2.24) is 4.98 Å². The summed E-state index contributed by atoms with van der Waals surface area (Å²) in [6.07, 6.45) is 3.27. The number of carbonyl (C=O) groups is 1. The Hall–Kier alpha value is -1.67. The van der Waals surface area contributed by atoms with Gasteiger partial charge in [-0.3, -0.25) is 9.78 Å². The van der Waals surface area contributed by atoms with Gasteiger partial charge in [0.2, 0.25) is 0 Å². The summed E-state index contributed by atoms with van der Waals surface area (Å²) in [7, 11) is 0. The van der Waals surface area contributed by atoms with Gasteiger partial charge in [-0.25, -0.2) is 0 Å². The second kappa shape index (κ2) is 2.91. The third-order valence-electron chi connectivity index (χ3n) is 2.60. The minimum atomic E-state index is -0.0290. The molecule has 1 aliphatic rings. The predicted octanol–water partition coefficient (Wildman–Crippen LogP) is 2.95. The smallest absolute Gasteiger partial charge is 0.197 e. The Morgan fingerprint density at radius 1 is 1.07 bits per heavy atom. The Balaban J connectivity index is 2.43. The maximum absolute atomic E-state index is 12.0. The number of aromatic nitrogens is 1. The SMILES string of the molecule is O=C1c2cnccc2-c2cccc(Cl)c21. The van der Waals surface area contributed by atoms with Gasteiger partial charge in [0.15, 0.2) is 5.78 Å². The number of halogens is 1. The van der Waals surface area contributed by atoms with E-state index < -0.39 is 0 Å². The van der Waals surface area contributed by atoms with Crippen LogP contribution in [0.2, 0.25) is 5.02 Å². The lowest BCUT2D eigenvalue weighted by molar-refractivity contribution is 0.104. The topological polar surface area (TPSA) is 30.0 Å². The molecule has 15 heavy (non-hydrogen) atoms. The molecule has 0 atom stereocenters.